The topological polar surface area (TPSA) is 15.3 Å². The zero-order chi connectivity index (χ0) is 14.8. The summed E-state index contributed by atoms with van der Waals surface area (Å²) in [4.78, 5) is 2.55. The minimum Gasteiger partial charge on any atom is -0.312 e. The Labute approximate surface area is 127 Å². The van der Waals surface area contributed by atoms with Gasteiger partial charge in [0.25, 0.3) is 0 Å². The van der Waals surface area contributed by atoms with E-state index in [2.05, 4.69) is 38.2 Å². The molecule has 1 aliphatic carbocycles. The fourth-order valence-electron chi connectivity index (χ4n) is 4.03. The molecule has 0 amide bonds. The van der Waals surface area contributed by atoms with E-state index in [4.69, 9.17) is 0 Å². The van der Waals surface area contributed by atoms with Gasteiger partial charge in [-0.25, -0.2) is 0 Å². The van der Waals surface area contributed by atoms with Gasteiger partial charge in [-0.05, 0) is 39.9 Å². The molecule has 2 heteroatoms. The van der Waals surface area contributed by atoms with Gasteiger partial charge in [0.15, 0.2) is 0 Å². The molecule has 20 heavy (non-hydrogen) atoms. The Bertz CT molecular complexity index is 230. The molecular weight excluding hydrogens is 244 g/mol. The first kappa shape index (κ1) is 18.0. The molecule has 0 aromatic heterocycles. The Morgan fingerprint density at radius 3 is 2.10 bits per heavy atom. The molecule has 0 spiro atoms. The van der Waals surface area contributed by atoms with Crippen molar-refractivity contribution in [1.82, 2.24) is 10.2 Å². The lowest BCUT2D eigenvalue weighted by Crippen LogP contribution is -2.58. The van der Waals surface area contributed by atoms with Crippen LogP contribution in [0, 0.1) is 0 Å². The van der Waals surface area contributed by atoms with Crippen molar-refractivity contribution in [3.63, 3.8) is 0 Å². The second-order valence-electron chi connectivity index (χ2n) is 6.87. The second kappa shape index (κ2) is 9.78. The number of rotatable bonds is 9. The zero-order valence-electron chi connectivity index (χ0n) is 14.5. The predicted octanol–water partition coefficient (Wildman–Crippen LogP) is 4.59. The van der Waals surface area contributed by atoms with Crippen LogP contribution in [0.1, 0.15) is 84.5 Å². The summed E-state index contributed by atoms with van der Waals surface area (Å²) in [6.07, 6.45) is 15.3. The molecule has 1 rings (SSSR count). The van der Waals surface area contributed by atoms with E-state index in [0.29, 0.717) is 11.6 Å². The lowest BCUT2D eigenvalue weighted by molar-refractivity contribution is 0.0757. The maximum atomic E-state index is 3.84. The summed E-state index contributed by atoms with van der Waals surface area (Å²) < 4.78 is 0. The van der Waals surface area contributed by atoms with Crippen molar-refractivity contribution in [2.24, 2.45) is 0 Å². The number of unbranched alkanes of at least 4 members (excludes halogenated alkanes) is 3. The summed E-state index contributed by atoms with van der Waals surface area (Å²) in [7, 11) is 4.61. The van der Waals surface area contributed by atoms with E-state index in [9.17, 15) is 0 Å². The third kappa shape index (κ3) is 5.04. The van der Waals surface area contributed by atoms with Crippen molar-refractivity contribution >= 4 is 0 Å². The molecule has 0 saturated heterocycles. The molecule has 0 bridgehead atoms. The van der Waals surface area contributed by atoms with E-state index in [0.717, 1.165) is 6.54 Å². The Kier molecular flexibility index (Phi) is 8.79. The second-order valence-corrected chi connectivity index (χ2v) is 6.87. The molecule has 1 N–H and O–H groups in total. The lowest BCUT2D eigenvalue weighted by atomic mass is 9.79. The summed E-state index contributed by atoms with van der Waals surface area (Å²) in [6, 6.07) is 0.678. The van der Waals surface area contributed by atoms with Gasteiger partial charge in [-0.15, -0.1) is 0 Å². The molecule has 1 saturated carbocycles. The van der Waals surface area contributed by atoms with Crippen LogP contribution < -0.4 is 5.32 Å². The van der Waals surface area contributed by atoms with Crippen molar-refractivity contribution in [1.29, 1.82) is 0 Å². The van der Waals surface area contributed by atoms with Crippen LogP contribution in [0.15, 0.2) is 0 Å². The van der Waals surface area contributed by atoms with Gasteiger partial charge in [0.05, 0.1) is 0 Å². The summed E-state index contributed by atoms with van der Waals surface area (Å²) in [5, 5.41) is 3.84. The number of nitrogens with one attached hydrogen (secondary N) is 1. The molecule has 0 heterocycles. The highest BCUT2D eigenvalue weighted by atomic mass is 15.2. The van der Waals surface area contributed by atoms with Gasteiger partial charge in [-0.1, -0.05) is 65.2 Å². The average molecular weight is 283 g/mol. The monoisotopic (exact) mass is 282 g/mol. The Morgan fingerprint density at radius 2 is 1.60 bits per heavy atom. The summed E-state index contributed by atoms with van der Waals surface area (Å²) in [5.74, 6) is 0. The summed E-state index contributed by atoms with van der Waals surface area (Å²) >= 11 is 0. The molecule has 0 radical (unpaired) electrons. The van der Waals surface area contributed by atoms with Crippen LogP contribution in [-0.2, 0) is 0 Å². The predicted molar refractivity (Wildman–Crippen MR) is 90.3 cm³/mol. The van der Waals surface area contributed by atoms with Crippen LogP contribution in [0.25, 0.3) is 0 Å². The van der Waals surface area contributed by atoms with Crippen molar-refractivity contribution in [2.45, 2.75) is 96.1 Å². The fraction of sp³-hybridized carbons (Fsp3) is 1.00. The normalized spacial score (nSPS) is 20.9. The van der Waals surface area contributed by atoms with Crippen LogP contribution in [0.4, 0.5) is 0 Å². The number of hydrogen-bond donors (Lipinski definition) is 1. The molecule has 0 aliphatic heterocycles. The van der Waals surface area contributed by atoms with E-state index in [1.165, 1.54) is 70.6 Å². The van der Waals surface area contributed by atoms with E-state index < -0.39 is 0 Å². The highest BCUT2D eigenvalue weighted by Crippen LogP contribution is 2.35. The van der Waals surface area contributed by atoms with Gasteiger partial charge in [-0.3, -0.25) is 0 Å². The quantitative estimate of drug-likeness (QED) is 0.491. The van der Waals surface area contributed by atoms with Gasteiger partial charge < -0.3 is 10.2 Å². The third-order valence-corrected chi connectivity index (χ3v) is 5.31. The molecule has 120 valence electrons. The number of likely N-dealkylation sites (N-methyl/N-ethyl adjacent to an activating group) is 2. The maximum Gasteiger partial charge on any atom is 0.0356 e. The first-order chi connectivity index (χ1) is 9.67. The molecule has 1 fully saturated rings. The molecule has 2 nitrogen and oxygen atoms in total. The molecule has 1 unspecified atom stereocenters. The van der Waals surface area contributed by atoms with Crippen LogP contribution in [0.5, 0.6) is 0 Å². The SMILES string of the molecule is CCCCCCC(NCC)C1(N(C)C)CCCCCC1. The standard InChI is InChI=1S/C18H38N2/c1-5-7-8-11-14-17(19-6-2)18(20(3)4)15-12-9-10-13-16-18/h17,19H,5-16H2,1-4H3. The third-order valence-electron chi connectivity index (χ3n) is 5.31. The molecule has 0 aromatic carbocycles. The minimum absolute atomic E-state index is 0.402. The van der Waals surface area contributed by atoms with E-state index in [-0.39, 0.29) is 0 Å². The first-order valence-corrected chi connectivity index (χ1v) is 9.08. The summed E-state index contributed by atoms with van der Waals surface area (Å²) in [6.45, 7) is 5.67. The van der Waals surface area contributed by atoms with E-state index in [1.54, 1.807) is 0 Å². The lowest BCUT2D eigenvalue weighted by Gasteiger charge is -2.46. The van der Waals surface area contributed by atoms with Gasteiger partial charge in [0.2, 0.25) is 0 Å². The molecule has 0 aromatic rings. The van der Waals surface area contributed by atoms with Gasteiger partial charge in [0, 0.05) is 11.6 Å². The largest absolute Gasteiger partial charge is 0.312 e. The Balaban J connectivity index is 2.70. The van der Waals surface area contributed by atoms with Gasteiger partial charge >= 0.3 is 0 Å². The van der Waals surface area contributed by atoms with Crippen LogP contribution >= 0.6 is 0 Å². The highest BCUT2D eigenvalue weighted by Gasteiger charge is 2.39. The smallest absolute Gasteiger partial charge is 0.0356 e. The van der Waals surface area contributed by atoms with Crippen LogP contribution in [0.3, 0.4) is 0 Å². The molecule has 1 aliphatic rings. The highest BCUT2D eigenvalue weighted by molar-refractivity contribution is 4.99. The van der Waals surface area contributed by atoms with Crippen molar-refractivity contribution in [3.05, 3.63) is 0 Å². The van der Waals surface area contributed by atoms with Crippen molar-refractivity contribution in [3.8, 4) is 0 Å². The summed E-state index contributed by atoms with van der Waals surface area (Å²) in [5.41, 5.74) is 0.402. The molecular formula is C18H38N2. The van der Waals surface area contributed by atoms with E-state index >= 15 is 0 Å². The average Bonchev–Trinajstić information content (AvgIpc) is 2.69. The van der Waals surface area contributed by atoms with Crippen molar-refractivity contribution in [2.75, 3.05) is 20.6 Å². The Morgan fingerprint density at radius 1 is 0.950 bits per heavy atom. The minimum atomic E-state index is 0.402. The maximum absolute atomic E-state index is 3.84. The fourth-order valence-corrected chi connectivity index (χ4v) is 4.03. The Hall–Kier alpha value is -0.0800. The van der Waals surface area contributed by atoms with Gasteiger partial charge in [-0.2, -0.15) is 0 Å². The molecule has 1 atom stereocenters. The van der Waals surface area contributed by atoms with Gasteiger partial charge in [0.1, 0.15) is 0 Å². The number of hydrogen-bond acceptors (Lipinski definition) is 2. The van der Waals surface area contributed by atoms with Crippen LogP contribution in [0.2, 0.25) is 0 Å². The van der Waals surface area contributed by atoms with Crippen molar-refractivity contribution < 1.29 is 0 Å². The zero-order valence-corrected chi connectivity index (χ0v) is 14.5. The van der Waals surface area contributed by atoms with E-state index in [1.807, 2.05) is 0 Å². The number of nitrogens with zero attached hydrogens (tertiary/aromatic N) is 1. The van der Waals surface area contributed by atoms with Crippen LogP contribution in [-0.4, -0.2) is 37.1 Å². The first-order valence-electron chi connectivity index (χ1n) is 9.08.